The van der Waals surface area contributed by atoms with E-state index in [2.05, 4.69) is 25.1 Å². The number of rotatable bonds is 0. The first-order valence-electron chi connectivity index (χ1n) is 4.12. The lowest BCUT2D eigenvalue weighted by Gasteiger charge is -2.03. The molecule has 0 fully saturated rings. The fraction of sp³-hybridized carbons (Fsp3) is 0.400. The minimum Gasteiger partial charge on any atom is -0.324 e. The summed E-state index contributed by atoms with van der Waals surface area (Å²) in [5.41, 5.74) is 10.1. The van der Waals surface area contributed by atoms with Gasteiger partial charge in [-0.3, -0.25) is 0 Å². The Morgan fingerprint density at radius 3 is 3.09 bits per heavy atom. The zero-order chi connectivity index (χ0) is 7.84. The first kappa shape index (κ1) is 6.86. The van der Waals surface area contributed by atoms with Gasteiger partial charge in [-0.15, -0.1) is 0 Å². The van der Waals surface area contributed by atoms with Crippen molar-refractivity contribution in [1.82, 2.24) is 0 Å². The van der Waals surface area contributed by atoms with Crippen molar-refractivity contribution in [2.75, 3.05) is 0 Å². The number of fused-ring (bicyclic) bond motifs is 1. The molecule has 0 saturated carbocycles. The van der Waals surface area contributed by atoms with E-state index in [0.29, 0.717) is 6.04 Å². The predicted molar refractivity (Wildman–Crippen MR) is 46.4 cm³/mol. The van der Waals surface area contributed by atoms with E-state index in [1.54, 1.807) is 0 Å². The van der Waals surface area contributed by atoms with Crippen molar-refractivity contribution >= 4 is 0 Å². The molecule has 58 valence electrons. The number of benzene rings is 1. The van der Waals surface area contributed by atoms with Crippen LogP contribution in [0.2, 0.25) is 0 Å². The van der Waals surface area contributed by atoms with Crippen molar-refractivity contribution in [3.63, 3.8) is 0 Å². The third-order valence-electron chi connectivity index (χ3n) is 2.42. The minimum atomic E-state index is 0.297. The van der Waals surface area contributed by atoms with Crippen molar-refractivity contribution in [3.8, 4) is 0 Å². The molecular formula is C10H13N. The van der Waals surface area contributed by atoms with Gasteiger partial charge in [0.15, 0.2) is 0 Å². The lowest BCUT2D eigenvalue weighted by Crippen LogP contribution is -2.04. The Morgan fingerprint density at radius 2 is 2.27 bits per heavy atom. The highest BCUT2D eigenvalue weighted by Crippen LogP contribution is 2.29. The summed E-state index contributed by atoms with van der Waals surface area (Å²) in [6.07, 6.45) is 2.29. The second-order valence-electron chi connectivity index (χ2n) is 3.35. The van der Waals surface area contributed by atoms with Gasteiger partial charge in [-0.05, 0) is 30.9 Å². The number of hydrogen-bond acceptors (Lipinski definition) is 1. The number of hydrogen-bond donors (Lipinski definition) is 1. The maximum atomic E-state index is 5.90. The van der Waals surface area contributed by atoms with E-state index in [-0.39, 0.29) is 0 Å². The van der Waals surface area contributed by atoms with Crippen LogP contribution >= 0.6 is 0 Å². The molecule has 1 aromatic carbocycles. The SMILES string of the molecule is Cc1ccc2c(c1)CC[C@@H]2N. The molecule has 2 N–H and O–H groups in total. The molecule has 0 bridgehead atoms. The van der Waals surface area contributed by atoms with Gasteiger partial charge in [0.1, 0.15) is 0 Å². The molecule has 1 heteroatoms. The molecule has 1 aromatic rings. The highest BCUT2D eigenvalue weighted by molar-refractivity contribution is 5.37. The third kappa shape index (κ3) is 1.05. The average molecular weight is 147 g/mol. The van der Waals surface area contributed by atoms with Gasteiger partial charge in [0, 0.05) is 6.04 Å². The molecule has 0 aromatic heterocycles. The predicted octanol–water partition coefficient (Wildman–Crippen LogP) is 1.94. The van der Waals surface area contributed by atoms with E-state index in [1.807, 2.05) is 0 Å². The van der Waals surface area contributed by atoms with E-state index in [1.165, 1.54) is 16.7 Å². The summed E-state index contributed by atoms with van der Waals surface area (Å²) >= 11 is 0. The quantitative estimate of drug-likeness (QED) is 0.596. The summed E-state index contributed by atoms with van der Waals surface area (Å²) in [6.45, 7) is 2.13. The van der Waals surface area contributed by atoms with Crippen molar-refractivity contribution in [3.05, 3.63) is 34.9 Å². The van der Waals surface area contributed by atoms with Crippen LogP contribution in [0, 0.1) is 6.92 Å². The molecule has 0 radical (unpaired) electrons. The zero-order valence-electron chi connectivity index (χ0n) is 6.80. The lowest BCUT2D eigenvalue weighted by atomic mass is 10.1. The first-order valence-corrected chi connectivity index (χ1v) is 4.12. The lowest BCUT2D eigenvalue weighted by molar-refractivity contribution is 0.713. The molecule has 1 nitrogen and oxygen atoms in total. The van der Waals surface area contributed by atoms with Crippen molar-refractivity contribution in [1.29, 1.82) is 0 Å². The number of nitrogens with two attached hydrogens (primary N) is 1. The maximum absolute atomic E-state index is 5.90. The molecule has 1 aliphatic rings. The van der Waals surface area contributed by atoms with Gasteiger partial charge in [0.25, 0.3) is 0 Å². The van der Waals surface area contributed by atoms with Gasteiger partial charge in [-0.25, -0.2) is 0 Å². The van der Waals surface area contributed by atoms with Gasteiger partial charge >= 0.3 is 0 Å². The summed E-state index contributed by atoms with van der Waals surface area (Å²) in [5.74, 6) is 0. The fourth-order valence-electron chi connectivity index (χ4n) is 1.78. The largest absolute Gasteiger partial charge is 0.324 e. The first-order chi connectivity index (χ1) is 5.27. The maximum Gasteiger partial charge on any atom is 0.0300 e. The summed E-state index contributed by atoms with van der Waals surface area (Å²) in [6, 6.07) is 6.86. The van der Waals surface area contributed by atoms with Gasteiger partial charge in [0.2, 0.25) is 0 Å². The minimum absolute atomic E-state index is 0.297. The van der Waals surface area contributed by atoms with Crippen molar-refractivity contribution < 1.29 is 0 Å². The fourth-order valence-corrected chi connectivity index (χ4v) is 1.78. The summed E-state index contributed by atoms with van der Waals surface area (Å²) in [7, 11) is 0. The molecular weight excluding hydrogens is 134 g/mol. The molecule has 0 amide bonds. The van der Waals surface area contributed by atoms with Crippen LogP contribution in [0.3, 0.4) is 0 Å². The Bertz CT molecular complexity index is 278. The molecule has 2 rings (SSSR count). The highest BCUT2D eigenvalue weighted by Gasteiger charge is 2.17. The van der Waals surface area contributed by atoms with E-state index in [4.69, 9.17) is 5.73 Å². The summed E-state index contributed by atoms with van der Waals surface area (Å²) in [4.78, 5) is 0. The van der Waals surface area contributed by atoms with Crippen LogP contribution in [0.5, 0.6) is 0 Å². The van der Waals surface area contributed by atoms with Crippen LogP contribution in [0.15, 0.2) is 18.2 Å². The van der Waals surface area contributed by atoms with Gasteiger partial charge in [-0.1, -0.05) is 23.8 Å². The Morgan fingerprint density at radius 1 is 1.45 bits per heavy atom. The van der Waals surface area contributed by atoms with Crippen LogP contribution < -0.4 is 5.73 Å². The zero-order valence-corrected chi connectivity index (χ0v) is 6.80. The Balaban J connectivity index is 2.50. The molecule has 0 saturated heterocycles. The van der Waals surface area contributed by atoms with Gasteiger partial charge < -0.3 is 5.73 Å². The van der Waals surface area contributed by atoms with E-state index in [9.17, 15) is 0 Å². The van der Waals surface area contributed by atoms with Crippen LogP contribution in [-0.4, -0.2) is 0 Å². The molecule has 0 spiro atoms. The van der Waals surface area contributed by atoms with Crippen LogP contribution in [0.1, 0.15) is 29.2 Å². The van der Waals surface area contributed by atoms with Gasteiger partial charge in [-0.2, -0.15) is 0 Å². The molecule has 0 heterocycles. The van der Waals surface area contributed by atoms with Crippen molar-refractivity contribution in [2.45, 2.75) is 25.8 Å². The van der Waals surface area contributed by atoms with Crippen molar-refractivity contribution in [2.24, 2.45) is 5.73 Å². The number of aryl methyl sites for hydroxylation is 2. The average Bonchev–Trinajstić information content (AvgIpc) is 2.32. The van der Waals surface area contributed by atoms with E-state index < -0.39 is 0 Å². The molecule has 0 aliphatic heterocycles. The monoisotopic (exact) mass is 147 g/mol. The van der Waals surface area contributed by atoms with Crippen LogP contribution in [-0.2, 0) is 6.42 Å². The second-order valence-corrected chi connectivity index (χ2v) is 3.35. The summed E-state index contributed by atoms with van der Waals surface area (Å²) in [5, 5.41) is 0. The molecule has 0 unspecified atom stereocenters. The normalized spacial score (nSPS) is 21.8. The van der Waals surface area contributed by atoms with E-state index >= 15 is 0 Å². The Kier molecular flexibility index (Phi) is 1.46. The molecule has 11 heavy (non-hydrogen) atoms. The van der Waals surface area contributed by atoms with E-state index in [0.717, 1.165) is 12.8 Å². The highest BCUT2D eigenvalue weighted by atomic mass is 14.6. The second kappa shape index (κ2) is 2.35. The van der Waals surface area contributed by atoms with Crippen LogP contribution in [0.25, 0.3) is 0 Å². The third-order valence-corrected chi connectivity index (χ3v) is 2.42. The smallest absolute Gasteiger partial charge is 0.0300 e. The summed E-state index contributed by atoms with van der Waals surface area (Å²) < 4.78 is 0. The molecule has 1 aliphatic carbocycles. The standard InChI is InChI=1S/C10H13N/c1-7-2-4-9-8(6-7)3-5-10(9)11/h2,4,6,10H,3,5,11H2,1H3/t10-/m0/s1. The van der Waals surface area contributed by atoms with Crippen LogP contribution in [0.4, 0.5) is 0 Å². The topological polar surface area (TPSA) is 26.0 Å². The van der Waals surface area contributed by atoms with Gasteiger partial charge in [0.05, 0.1) is 0 Å². The Labute approximate surface area is 67.2 Å². The Hall–Kier alpha value is -0.820. The molecule has 1 atom stereocenters.